The summed E-state index contributed by atoms with van der Waals surface area (Å²) in [6.07, 6.45) is 6.55. The van der Waals surface area contributed by atoms with E-state index in [0.29, 0.717) is 17.9 Å². The lowest BCUT2D eigenvalue weighted by Gasteiger charge is -2.26. The lowest BCUT2D eigenvalue weighted by atomic mass is 10.2. The van der Waals surface area contributed by atoms with Crippen LogP contribution in [-0.2, 0) is 0 Å². The van der Waals surface area contributed by atoms with Gasteiger partial charge < -0.3 is 10.6 Å². The molecular weight excluding hydrogens is 274 g/mol. The van der Waals surface area contributed by atoms with Gasteiger partial charge in [0.05, 0.1) is 0 Å². The van der Waals surface area contributed by atoms with Gasteiger partial charge in [0, 0.05) is 31.2 Å². The van der Waals surface area contributed by atoms with Crippen LogP contribution in [0.4, 0.5) is 11.9 Å². The van der Waals surface area contributed by atoms with Crippen molar-refractivity contribution in [1.82, 2.24) is 24.7 Å². The molecule has 2 heterocycles. The minimum atomic E-state index is 0.200. The first-order valence-corrected chi connectivity index (χ1v) is 7.78. The van der Waals surface area contributed by atoms with Gasteiger partial charge in [0.25, 0.3) is 5.95 Å². The number of thioether (sulfide) groups is 1. The van der Waals surface area contributed by atoms with Crippen LogP contribution in [0.3, 0.4) is 0 Å². The van der Waals surface area contributed by atoms with Crippen LogP contribution in [0.1, 0.15) is 13.3 Å². The van der Waals surface area contributed by atoms with Gasteiger partial charge in [-0.15, -0.1) is 0 Å². The summed E-state index contributed by atoms with van der Waals surface area (Å²) in [6.45, 7) is 2.15. The Hall–Kier alpha value is -1.83. The molecule has 0 aliphatic carbocycles. The second-order valence-corrected chi connectivity index (χ2v) is 5.28. The van der Waals surface area contributed by atoms with E-state index in [0.717, 1.165) is 12.2 Å². The predicted molar refractivity (Wildman–Crippen MR) is 82.2 cm³/mol. The summed E-state index contributed by atoms with van der Waals surface area (Å²) in [5.41, 5.74) is 5.78. The minimum absolute atomic E-state index is 0.200. The summed E-state index contributed by atoms with van der Waals surface area (Å²) in [5, 5.41) is 4.12. The maximum absolute atomic E-state index is 5.78. The first kappa shape index (κ1) is 14.6. The van der Waals surface area contributed by atoms with Gasteiger partial charge in [-0.2, -0.15) is 31.8 Å². The highest BCUT2D eigenvalue weighted by Gasteiger charge is 2.17. The van der Waals surface area contributed by atoms with E-state index in [4.69, 9.17) is 5.73 Å². The molecule has 7 nitrogen and oxygen atoms in total. The summed E-state index contributed by atoms with van der Waals surface area (Å²) < 4.78 is 1.57. The van der Waals surface area contributed by atoms with E-state index in [9.17, 15) is 0 Å². The second-order valence-electron chi connectivity index (χ2n) is 4.37. The van der Waals surface area contributed by atoms with Gasteiger partial charge in [-0.05, 0) is 18.7 Å². The van der Waals surface area contributed by atoms with E-state index >= 15 is 0 Å². The van der Waals surface area contributed by atoms with Crippen molar-refractivity contribution in [3.05, 3.63) is 18.5 Å². The quantitative estimate of drug-likeness (QED) is 0.857. The number of aromatic nitrogens is 5. The molecule has 0 amide bonds. The van der Waals surface area contributed by atoms with E-state index in [1.54, 1.807) is 28.8 Å². The summed E-state index contributed by atoms with van der Waals surface area (Å²) in [4.78, 5) is 14.8. The summed E-state index contributed by atoms with van der Waals surface area (Å²) >= 11 is 1.80. The maximum atomic E-state index is 5.78. The van der Waals surface area contributed by atoms with Crippen LogP contribution >= 0.6 is 11.8 Å². The van der Waals surface area contributed by atoms with Gasteiger partial charge in [0.15, 0.2) is 0 Å². The number of nitrogens with zero attached hydrogens (tertiary/aromatic N) is 6. The van der Waals surface area contributed by atoms with Crippen molar-refractivity contribution in [1.29, 1.82) is 0 Å². The Morgan fingerprint density at radius 3 is 2.80 bits per heavy atom. The molecule has 0 aliphatic heterocycles. The number of anilines is 2. The molecule has 0 fully saturated rings. The normalized spacial score (nSPS) is 12.3. The Morgan fingerprint density at radius 1 is 1.40 bits per heavy atom. The Kier molecular flexibility index (Phi) is 4.78. The van der Waals surface area contributed by atoms with Gasteiger partial charge in [-0.1, -0.05) is 6.92 Å². The molecule has 108 valence electrons. The average Bonchev–Trinajstić information content (AvgIpc) is 2.97. The molecule has 2 aromatic heterocycles. The molecule has 2 rings (SSSR count). The number of hydrogen-bond donors (Lipinski definition) is 1. The van der Waals surface area contributed by atoms with Crippen LogP contribution in [0.5, 0.6) is 0 Å². The van der Waals surface area contributed by atoms with E-state index < -0.39 is 0 Å². The second kappa shape index (κ2) is 6.56. The highest BCUT2D eigenvalue weighted by Crippen LogP contribution is 2.16. The average molecular weight is 293 g/mol. The Labute approximate surface area is 122 Å². The highest BCUT2D eigenvalue weighted by atomic mass is 32.2. The van der Waals surface area contributed by atoms with Crippen LogP contribution in [-0.4, -0.2) is 49.8 Å². The number of nitrogens with two attached hydrogens (primary N) is 1. The molecule has 2 N–H and O–H groups in total. The summed E-state index contributed by atoms with van der Waals surface area (Å²) in [6, 6.07) is 2.17. The lowest BCUT2D eigenvalue weighted by Crippen LogP contribution is -2.35. The SMILES string of the molecule is CCC(CSC)N(C)c1nc(N)nc(-n2cccn2)n1. The van der Waals surface area contributed by atoms with E-state index in [-0.39, 0.29) is 5.95 Å². The topological polar surface area (TPSA) is 85.8 Å². The van der Waals surface area contributed by atoms with Crippen molar-refractivity contribution in [3.63, 3.8) is 0 Å². The molecule has 1 atom stereocenters. The van der Waals surface area contributed by atoms with Crippen LogP contribution in [0.25, 0.3) is 5.95 Å². The Bertz CT molecular complexity index is 543. The third-order valence-corrected chi connectivity index (χ3v) is 3.75. The Balaban J connectivity index is 2.32. The van der Waals surface area contributed by atoms with Crippen molar-refractivity contribution < 1.29 is 0 Å². The van der Waals surface area contributed by atoms with E-state index in [1.807, 2.05) is 18.0 Å². The van der Waals surface area contributed by atoms with Crippen LogP contribution in [0.2, 0.25) is 0 Å². The van der Waals surface area contributed by atoms with Crippen LogP contribution in [0, 0.1) is 0 Å². The van der Waals surface area contributed by atoms with Crippen molar-refractivity contribution in [2.45, 2.75) is 19.4 Å². The molecule has 20 heavy (non-hydrogen) atoms. The zero-order valence-corrected chi connectivity index (χ0v) is 12.7. The molecule has 8 heteroatoms. The zero-order valence-electron chi connectivity index (χ0n) is 11.9. The fourth-order valence-corrected chi connectivity index (χ4v) is 2.72. The van der Waals surface area contributed by atoms with Crippen molar-refractivity contribution >= 4 is 23.7 Å². The van der Waals surface area contributed by atoms with Crippen molar-refractivity contribution in [2.75, 3.05) is 29.7 Å². The fourth-order valence-electron chi connectivity index (χ4n) is 1.88. The Morgan fingerprint density at radius 2 is 2.20 bits per heavy atom. The summed E-state index contributed by atoms with van der Waals surface area (Å²) in [5.74, 6) is 2.22. The first-order chi connectivity index (χ1) is 9.65. The first-order valence-electron chi connectivity index (χ1n) is 6.39. The van der Waals surface area contributed by atoms with Crippen molar-refractivity contribution in [3.8, 4) is 5.95 Å². The van der Waals surface area contributed by atoms with Crippen LogP contribution in [0.15, 0.2) is 18.5 Å². The smallest absolute Gasteiger partial charge is 0.257 e. The monoisotopic (exact) mass is 293 g/mol. The fraction of sp³-hybridized carbons (Fsp3) is 0.500. The molecule has 0 bridgehead atoms. The molecule has 0 aliphatic rings. The van der Waals surface area contributed by atoms with Gasteiger partial charge in [0.2, 0.25) is 11.9 Å². The van der Waals surface area contributed by atoms with Gasteiger partial charge in [-0.3, -0.25) is 0 Å². The number of hydrogen-bond acceptors (Lipinski definition) is 7. The predicted octanol–water partition coefficient (Wildman–Crippen LogP) is 1.22. The molecule has 2 aromatic rings. The molecule has 1 unspecified atom stereocenters. The summed E-state index contributed by atoms with van der Waals surface area (Å²) in [7, 11) is 1.98. The molecule has 0 radical (unpaired) electrons. The zero-order chi connectivity index (χ0) is 14.5. The minimum Gasteiger partial charge on any atom is -0.368 e. The molecule has 0 spiro atoms. The van der Waals surface area contributed by atoms with Gasteiger partial charge in [0.1, 0.15) is 0 Å². The van der Waals surface area contributed by atoms with E-state index in [1.165, 1.54) is 0 Å². The van der Waals surface area contributed by atoms with Crippen LogP contribution < -0.4 is 10.6 Å². The maximum Gasteiger partial charge on any atom is 0.257 e. The molecular formula is C12H19N7S. The standard InChI is InChI=1S/C12H19N7S/c1-4-9(8-20-3)18(2)11-15-10(13)16-12(17-11)19-7-5-6-14-19/h5-7,9H,4,8H2,1-3H3,(H2,13,15,16,17). The largest absolute Gasteiger partial charge is 0.368 e. The molecule has 0 saturated carbocycles. The van der Waals surface area contributed by atoms with Gasteiger partial charge >= 0.3 is 0 Å². The third kappa shape index (κ3) is 3.19. The lowest BCUT2D eigenvalue weighted by molar-refractivity contribution is 0.651. The number of rotatable bonds is 6. The number of nitrogen functional groups attached to an aromatic ring is 1. The highest BCUT2D eigenvalue weighted by molar-refractivity contribution is 7.98. The molecule has 0 saturated heterocycles. The molecule has 0 aromatic carbocycles. The van der Waals surface area contributed by atoms with E-state index in [2.05, 4.69) is 33.2 Å². The third-order valence-electron chi connectivity index (χ3n) is 3.03. The van der Waals surface area contributed by atoms with Crippen molar-refractivity contribution in [2.24, 2.45) is 0 Å². The van der Waals surface area contributed by atoms with Gasteiger partial charge in [-0.25, -0.2) is 4.68 Å².